The average molecular weight is 434 g/mol. The number of benzene rings is 2. The van der Waals surface area contributed by atoms with Gasteiger partial charge in [0.2, 0.25) is 0 Å². The first kappa shape index (κ1) is 22.4. The summed E-state index contributed by atoms with van der Waals surface area (Å²) in [6, 6.07) is 16.5. The van der Waals surface area contributed by atoms with E-state index in [0.717, 1.165) is 5.69 Å². The van der Waals surface area contributed by atoms with Crippen LogP contribution < -0.4 is 0 Å². The first-order chi connectivity index (χ1) is 14.5. The van der Waals surface area contributed by atoms with Gasteiger partial charge in [0.1, 0.15) is 0 Å². The molecular formula is C29H39NS. The van der Waals surface area contributed by atoms with Crippen LogP contribution in [0.3, 0.4) is 0 Å². The molecule has 0 amide bonds. The number of aromatic nitrogens is 1. The van der Waals surface area contributed by atoms with E-state index in [2.05, 4.69) is 90.3 Å². The van der Waals surface area contributed by atoms with Crippen molar-refractivity contribution in [3.63, 3.8) is 0 Å². The summed E-state index contributed by atoms with van der Waals surface area (Å²) in [6.45, 7) is 13.8. The standard InChI is InChI=1S/C29H39NS/c1-28(2,3)23-17-22(18-24(20-23)29(4,5)6)27-26-12-11-25(19-21(26)13-14-30-27)31(7)15-9-8-10-16-31/h11-14,17-20H,8-10,15-16H2,1-7H3. The van der Waals surface area contributed by atoms with Gasteiger partial charge in [0.05, 0.1) is 5.69 Å². The molecule has 4 rings (SSSR count). The first-order valence-corrected chi connectivity index (χ1v) is 14.1. The summed E-state index contributed by atoms with van der Waals surface area (Å²) in [5, 5.41) is 2.61. The Bertz CT molecular complexity index is 1060. The predicted molar refractivity (Wildman–Crippen MR) is 140 cm³/mol. The largest absolute Gasteiger partial charge is 0.256 e. The summed E-state index contributed by atoms with van der Waals surface area (Å²) in [5.74, 6) is 2.78. The van der Waals surface area contributed by atoms with Crippen molar-refractivity contribution in [3.05, 3.63) is 59.8 Å². The zero-order valence-electron chi connectivity index (χ0n) is 20.5. The summed E-state index contributed by atoms with van der Waals surface area (Å²) < 4.78 is 0. The van der Waals surface area contributed by atoms with Gasteiger partial charge in [-0.3, -0.25) is 4.98 Å². The number of hydrogen-bond acceptors (Lipinski definition) is 1. The van der Waals surface area contributed by atoms with E-state index < -0.39 is 10.0 Å². The van der Waals surface area contributed by atoms with Crippen LogP contribution in [0.15, 0.2) is 53.6 Å². The van der Waals surface area contributed by atoms with E-state index in [9.17, 15) is 0 Å². The van der Waals surface area contributed by atoms with E-state index in [4.69, 9.17) is 4.98 Å². The highest BCUT2D eigenvalue weighted by Crippen LogP contribution is 2.56. The zero-order valence-corrected chi connectivity index (χ0v) is 21.3. The van der Waals surface area contributed by atoms with Crippen LogP contribution in [-0.4, -0.2) is 22.7 Å². The second-order valence-electron chi connectivity index (χ2n) is 11.6. The van der Waals surface area contributed by atoms with Crippen LogP contribution in [0, 0.1) is 0 Å². The molecule has 1 saturated heterocycles. The van der Waals surface area contributed by atoms with E-state index in [1.54, 1.807) is 4.90 Å². The molecule has 31 heavy (non-hydrogen) atoms. The van der Waals surface area contributed by atoms with E-state index in [-0.39, 0.29) is 10.8 Å². The van der Waals surface area contributed by atoms with Gasteiger partial charge in [0.25, 0.3) is 0 Å². The van der Waals surface area contributed by atoms with Crippen molar-refractivity contribution in [3.8, 4) is 11.3 Å². The normalized spacial score (nSPS) is 18.2. The Morgan fingerprint density at radius 3 is 1.94 bits per heavy atom. The van der Waals surface area contributed by atoms with Gasteiger partial charge in [0.15, 0.2) is 0 Å². The summed E-state index contributed by atoms with van der Waals surface area (Å²) in [4.78, 5) is 6.47. The van der Waals surface area contributed by atoms with Crippen LogP contribution in [-0.2, 0) is 10.8 Å². The molecule has 1 aromatic heterocycles. The van der Waals surface area contributed by atoms with E-state index in [1.807, 2.05) is 6.20 Å². The van der Waals surface area contributed by atoms with Gasteiger partial charge in [-0.25, -0.2) is 10.0 Å². The topological polar surface area (TPSA) is 12.9 Å². The second-order valence-corrected chi connectivity index (χ2v) is 15.4. The monoisotopic (exact) mass is 433 g/mol. The van der Waals surface area contributed by atoms with Crippen molar-refractivity contribution >= 4 is 20.8 Å². The van der Waals surface area contributed by atoms with Crippen LogP contribution >= 0.6 is 10.0 Å². The minimum absolute atomic E-state index is 0.104. The predicted octanol–water partition coefficient (Wildman–Crippen LogP) is 8.47. The Morgan fingerprint density at radius 1 is 0.742 bits per heavy atom. The minimum atomic E-state index is -0.660. The highest BCUT2D eigenvalue weighted by Gasteiger charge is 2.25. The van der Waals surface area contributed by atoms with Gasteiger partial charge < -0.3 is 0 Å². The molecule has 166 valence electrons. The van der Waals surface area contributed by atoms with Gasteiger partial charge in [-0.15, -0.1) is 0 Å². The molecule has 0 bridgehead atoms. The average Bonchev–Trinajstić information content (AvgIpc) is 2.72. The lowest BCUT2D eigenvalue weighted by molar-refractivity contribution is 0.569. The fraction of sp³-hybridized carbons (Fsp3) is 0.483. The molecule has 0 N–H and O–H groups in total. The zero-order chi connectivity index (χ0) is 22.4. The lowest BCUT2D eigenvalue weighted by Crippen LogP contribution is -2.16. The van der Waals surface area contributed by atoms with Gasteiger partial charge >= 0.3 is 0 Å². The van der Waals surface area contributed by atoms with E-state index in [0.29, 0.717) is 0 Å². The van der Waals surface area contributed by atoms with Crippen LogP contribution in [0.1, 0.15) is 71.9 Å². The molecule has 0 saturated carbocycles. The fourth-order valence-electron chi connectivity index (χ4n) is 4.68. The molecule has 1 nitrogen and oxygen atoms in total. The van der Waals surface area contributed by atoms with Gasteiger partial charge in [-0.05, 0) is 93.2 Å². The number of nitrogens with zero attached hydrogens (tertiary/aromatic N) is 1. The third-order valence-corrected chi connectivity index (χ3v) is 10.7. The number of fused-ring (bicyclic) bond motifs is 1. The molecule has 1 aliphatic rings. The molecule has 0 unspecified atom stereocenters. The molecule has 0 atom stereocenters. The van der Waals surface area contributed by atoms with Crippen molar-refractivity contribution in [1.29, 1.82) is 0 Å². The Kier molecular flexibility index (Phi) is 5.75. The molecule has 2 heterocycles. The fourth-order valence-corrected chi connectivity index (χ4v) is 7.84. The maximum absolute atomic E-state index is 4.89. The Morgan fingerprint density at radius 2 is 1.35 bits per heavy atom. The highest BCUT2D eigenvalue weighted by molar-refractivity contribution is 8.33. The van der Waals surface area contributed by atoms with Crippen molar-refractivity contribution in [2.45, 2.75) is 76.5 Å². The van der Waals surface area contributed by atoms with Crippen molar-refractivity contribution in [1.82, 2.24) is 4.98 Å². The smallest absolute Gasteiger partial charge is 0.0780 e. The van der Waals surface area contributed by atoms with Gasteiger partial charge in [-0.2, -0.15) is 0 Å². The van der Waals surface area contributed by atoms with E-state index in [1.165, 1.54) is 58.2 Å². The molecule has 0 radical (unpaired) electrons. The number of rotatable bonds is 2. The van der Waals surface area contributed by atoms with E-state index >= 15 is 0 Å². The summed E-state index contributed by atoms with van der Waals surface area (Å²) in [5.41, 5.74) is 5.32. The van der Waals surface area contributed by atoms with Gasteiger partial charge in [-0.1, -0.05) is 60.1 Å². The van der Waals surface area contributed by atoms with Crippen LogP contribution in [0.2, 0.25) is 0 Å². The summed E-state index contributed by atoms with van der Waals surface area (Å²) in [7, 11) is -0.660. The molecule has 1 aliphatic heterocycles. The first-order valence-electron chi connectivity index (χ1n) is 11.8. The molecule has 0 spiro atoms. The minimum Gasteiger partial charge on any atom is -0.256 e. The maximum Gasteiger partial charge on any atom is 0.0780 e. The quantitative estimate of drug-likeness (QED) is 0.395. The number of pyridine rings is 1. The maximum atomic E-state index is 4.89. The number of hydrogen-bond donors (Lipinski definition) is 0. The molecule has 0 aliphatic carbocycles. The molecular weight excluding hydrogens is 394 g/mol. The molecule has 3 aromatic rings. The SMILES string of the molecule is CC(C)(C)c1cc(-c2nccc3cc(S4(C)CCCCC4)ccc23)cc(C(C)(C)C)c1. The lowest BCUT2D eigenvalue weighted by atomic mass is 9.79. The molecule has 2 heteroatoms. The Hall–Kier alpha value is -1.80. The van der Waals surface area contributed by atoms with Crippen molar-refractivity contribution < 1.29 is 0 Å². The third kappa shape index (κ3) is 4.55. The van der Waals surface area contributed by atoms with Crippen molar-refractivity contribution in [2.75, 3.05) is 17.8 Å². The summed E-state index contributed by atoms with van der Waals surface area (Å²) in [6.07, 6.45) is 8.73. The van der Waals surface area contributed by atoms with Crippen molar-refractivity contribution in [2.24, 2.45) is 0 Å². The van der Waals surface area contributed by atoms with Gasteiger partial charge in [0, 0.05) is 17.1 Å². The molecule has 1 fully saturated rings. The third-order valence-electron chi connectivity index (χ3n) is 6.93. The van der Waals surface area contributed by atoms with Crippen LogP contribution in [0.25, 0.3) is 22.0 Å². The van der Waals surface area contributed by atoms with Crippen LogP contribution in [0.5, 0.6) is 0 Å². The van der Waals surface area contributed by atoms with Crippen LogP contribution in [0.4, 0.5) is 0 Å². The second kappa shape index (κ2) is 7.96. The lowest BCUT2D eigenvalue weighted by Gasteiger charge is -2.40. The highest BCUT2D eigenvalue weighted by atomic mass is 32.3. The Labute approximate surface area is 191 Å². The summed E-state index contributed by atoms with van der Waals surface area (Å²) >= 11 is 0. The molecule has 2 aromatic carbocycles. The Balaban J connectivity index is 1.87.